The second-order valence-corrected chi connectivity index (χ2v) is 8.60. The molecule has 1 aliphatic carbocycles. The third kappa shape index (κ3) is 5.28. The summed E-state index contributed by atoms with van der Waals surface area (Å²) >= 11 is 0. The molecule has 0 aromatic rings. The zero-order valence-corrected chi connectivity index (χ0v) is 17.7. The maximum absolute atomic E-state index is 12.1. The molecule has 10 nitrogen and oxygen atoms in total. The lowest BCUT2D eigenvalue weighted by atomic mass is 9.84. The molecule has 31 heavy (non-hydrogen) atoms. The number of esters is 1. The Morgan fingerprint density at radius 2 is 1.87 bits per heavy atom. The molecule has 1 saturated heterocycles. The molecular formula is C21H32O10. The predicted octanol–water partition coefficient (Wildman–Crippen LogP) is -0.813. The maximum Gasteiger partial charge on any atom is 0.309 e. The van der Waals surface area contributed by atoms with E-state index in [9.17, 15) is 30.3 Å². The lowest BCUT2D eigenvalue weighted by molar-refractivity contribution is -0.299. The molecule has 0 amide bonds. The molecule has 10 heteroatoms. The summed E-state index contributed by atoms with van der Waals surface area (Å²) in [4.78, 5) is 12.1. The Bertz CT molecular complexity index is 688. The number of hydrogen-bond acceptors (Lipinski definition) is 10. The molecule has 2 aliphatic heterocycles. The van der Waals surface area contributed by atoms with Crippen LogP contribution in [-0.2, 0) is 23.7 Å². The van der Waals surface area contributed by atoms with E-state index in [1.54, 1.807) is 0 Å². The number of hydrogen-bond donors (Lipinski definition) is 5. The largest absolute Gasteiger partial charge is 0.462 e. The first-order valence-corrected chi connectivity index (χ1v) is 10.5. The summed E-state index contributed by atoms with van der Waals surface area (Å²) < 4.78 is 22.2. The topological polar surface area (TPSA) is 155 Å². The number of fused-ring (bicyclic) bond motifs is 1. The number of carbonyl (C=O) groups is 1. The normalized spacial score (nSPS) is 37.7. The highest BCUT2D eigenvalue weighted by molar-refractivity contribution is 5.69. The second kappa shape index (κ2) is 10.4. The van der Waals surface area contributed by atoms with Crippen molar-refractivity contribution in [1.29, 1.82) is 0 Å². The standard InChI is InChI=1S/C21H32O10/c1-10(2)5-15(24)31-20-16-11(6-22)3-4-13(16)12(8-28-20)9-29-21-19(27)18(26)17(25)14(7-23)30-21/h3,8,10,13-14,16-23,25-27H,4-7,9H2,1-2H3/t13-,14+,16-,17+,18-,19+,20+,21+/m1/s1. The lowest BCUT2D eigenvalue weighted by Gasteiger charge is -2.40. The van der Waals surface area contributed by atoms with Crippen molar-refractivity contribution in [2.45, 2.75) is 63.7 Å². The first-order valence-electron chi connectivity index (χ1n) is 10.5. The quantitative estimate of drug-likeness (QED) is 0.237. The Balaban J connectivity index is 1.66. The highest BCUT2D eigenvalue weighted by Crippen LogP contribution is 2.43. The van der Waals surface area contributed by atoms with Crippen LogP contribution in [0.25, 0.3) is 0 Å². The maximum atomic E-state index is 12.1. The molecule has 0 aromatic carbocycles. The molecule has 0 unspecified atom stereocenters. The summed E-state index contributed by atoms with van der Waals surface area (Å²) in [5.41, 5.74) is 1.42. The molecule has 176 valence electrons. The van der Waals surface area contributed by atoms with Crippen LogP contribution in [0.1, 0.15) is 26.7 Å². The summed E-state index contributed by atoms with van der Waals surface area (Å²) in [6.45, 7) is 3.06. The first kappa shape index (κ1) is 24.1. The van der Waals surface area contributed by atoms with Gasteiger partial charge in [-0.25, -0.2) is 0 Å². The molecule has 3 aliphatic rings. The van der Waals surface area contributed by atoms with Gasteiger partial charge in [0.25, 0.3) is 0 Å². The van der Waals surface area contributed by atoms with Crippen molar-refractivity contribution in [3.63, 3.8) is 0 Å². The number of ether oxygens (including phenoxy) is 4. The minimum atomic E-state index is -1.53. The van der Waals surface area contributed by atoms with Crippen molar-refractivity contribution in [3.05, 3.63) is 23.5 Å². The van der Waals surface area contributed by atoms with Gasteiger partial charge in [-0.1, -0.05) is 19.9 Å². The summed E-state index contributed by atoms with van der Waals surface area (Å²) in [6, 6.07) is 0. The fourth-order valence-corrected chi connectivity index (χ4v) is 4.20. The van der Waals surface area contributed by atoms with Crippen molar-refractivity contribution < 1.29 is 49.3 Å². The van der Waals surface area contributed by atoms with E-state index in [-0.39, 0.29) is 43.4 Å². The Morgan fingerprint density at radius 3 is 2.52 bits per heavy atom. The van der Waals surface area contributed by atoms with Gasteiger partial charge in [0.05, 0.1) is 32.0 Å². The average molecular weight is 444 g/mol. The molecule has 0 saturated carbocycles. The van der Waals surface area contributed by atoms with Gasteiger partial charge in [0.1, 0.15) is 24.4 Å². The molecule has 0 bridgehead atoms. The Hall–Kier alpha value is -1.53. The fourth-order valence-electron chi connectivity index (χ4n) is 4.20. The minimum Gasteiger partial charge on any atom is -0.462 e. The van der Waals surface area contributed by atoms with Crippen LogP contribution in [0.3, 0.4) is 0 Å². The van der Waals surface area contributed by atoms with E-state index in [0.29, 0.717) is 17.6 Å². The molecule has 8 atom stereocenters. The van der Waals surface area contributed by atoms with Gasteiger partial charge in [-0.05, 0) is 23.5 Å². The van der Waals surface area contributed by atoms with Gasteiger partial charge in [-0.3, -0.25) is 4.79 Å². The molecule has 2 heterocycles. The molecule has 3 rings (SSSR count). The number of allylic oxidation sites excluding steroid dienone is 1. The monoisotopic (exact) mass is 444 g/mol. The Kier molecular flexibility index (Phi) is 8.08. The number of carbonyl (C=O) groups excluding carboxylic acids is 1. The summed E-state index contributed by atoms with van der Waals surface area (Å²) in [6.07, 6.45) is -3.49. The van der Waals surface area contributed by atoms with E-state index in [2.05, 4.69) is 0 Å². The van der Waals surface area contributed by atoms with Crippen LogP contribution in [0.2, 0.25) is 0 Å². The van der Waals surface area contributed by atoms with E-state index < -0.39 is 43.6 Å². The number of aliphatic hydroxyl groups excluding tert-OH is 5. The Labute approximate surface area is 180 Å². The van der Waals surface area contributed by atoms with E-state index >= 15 is 0 Å². The number of rotatable bonds is 8. The van der Waals surface area contributed by atoms with Crippen LogP contribution in [0.4, 0.5) is 0 Å². The van der Waals surface area contributed by atoms with Crippen molar-refractivity contribution in [2.24, 2.45) is 17.8 Å². The zero-order valence-electron chi connectivity index (χ0n) is 17.7. The van der Waals surface area contributed by atoms with Crippen molar-refractivity contribution >= 4 is 5.97 Å². The van der Waals surface area contributed by atoms with Gasteiger partial charge in [-0.15, -0.1) is 0 Å². The van der Waals surface area contributed by atoms with Gasteiger partial charge >= 0.3 is 5.97 Å². The third-order valence-corrected chi connectivity index (χ3v) is 5.89. The van der Waals surface area contributed by atoms with E-state index in [1.165, 1.54) is 6.26 Å². The smallest absolute Gasteiger partial charge is 0.309 e. The van der Waals surface area contributed by atoms with E-state index in [0.717, 1.165) is 0 Å². The molecule has 0 spiro atoms. The summed E-state index contributed by atoms with van der Waals surface area (Å²) in [7, 11) is 0. The van der Waals surface area contributed by atoms with Gasteiger partial charge in [-0.2, -0.15) is 0 Å². The van der Waals surface area contributed by atoms with Gasteiger partial charge in [0, 0.05) is 12.3 Å². The van der Waals surface area contributed by atoms with Crippen LogP contribution in [0, 0.1) is 17.8 Å². The minimum absolute atomic E-state index is 0.0247. The van der Waals surface area contributed by atoms with Gasteiger partial charge < -0.3 is 44.5 Å². The van der Waals surface area contributed by atoms with Crippen LogP contribution in [0.15, 0.2) is 23.5 Å². The fraction of sp³-hybridized carbons (Fsp3) is 0.762. The average Bonchev–Trinajstić information content (AvgIpc) is 3.17. The highest BCUT2D eigenvalue weighted by atomic mass is 16.7. The molecule has 0 aromatic heterocycles. The van der Waals surface area contributed by atoms with Crippen molar-refractivity contribution in [2.75, 3.05) is 19.8 Å². The number of aliphatic hydroxyl groups is 5. The van der Waals surface area contributed by atoms with E-state index in [1.807, 2.05) is 19.9 Å². The predicted molar refractivity (Wildman–Crippen MR) is 105 cm³/mol. The molecular weight excluding hydrogens is 412 g/mol. The molecule has 1 fully saturated rings. The van der Waals surface area contributed by atoms with Crippen LogP contribution >= 0.6 is 0 Å². The van der Waals surface area contributed by atoms with Gasteiger partial charge in [0.15, 0.2) is 6.29 Å². The van der Waals surface area contributed by atoms with Crippen LogP contribution in [0.5, 0.6) is 0 Å². The molecule has 5 N–H and O–H groups in total. The van der Waals surface area contributed by atoms with Crippen molar-refractivity contribution in [1.82, 2.24) is 0 Å². The second-order valence-electron chi connectivity index (χ2n) is 8.60. The summed E-state index contributed by atoms with van der Waals surface area (Å²) in [5.74, 6) is -0.740. The third-order valence-electron chi connectivity index (χ3n) is 5.89. The van der Waals surface area contributed by atoms with Crippen LogP contribution < -0.4 is 0 Å². The lowest BCUT2D eigenvalue weighted by Crippen LogP contribution is -2.59. The molecule has 0 radical (unpaired) electrons. The zero-order chi connectivity index (χ0) is 22.7. The SMILES string of the molecule is CC(C)CC(=O)O[C@@H]1OC=C(CO[C@H]2O[C@@H](CO)[C@H](O)[C@@H](O)[C@@H]2O)[C@H]2CC=C(CO)[C@@H]12. The highest BCUT2D eigenvalue weighted by Gasteiger charge is 2.46. The van der Waals surface area contributed by atoms with Crippen LogP contribution in [-0.4, -0.2) is 88.3 Å². The Morgan fingerprint density at radius 1 is 1.13 bits per heavy atom. The van der Waals surface area contributed by atoms with Crippen molar-refractivity contribution in [3.8, 4) is 0 Å². The van der Waals surface area contributed by atoms with Gasteiger partial charge in [0.2, 0.25) is 6.29 Å². The summed E-state index contributed by atoms with van der Waals surface area (Å²) in [5, 5.41) is 48.9. The van der Waals surface area contributed by atoms with E-state index in [4.69, 9.17) is 18.9 Å². The first-order chi connectivity index (χ1) is 14.8.